The molecule has 0 rings (SSSR count). The number of carboxylic acid groups (broad SMARTS) is 12. The first-order chi connectivity index (χ1) is 27.3. The third-order valence-corrected chi connectivity index (χ3v) is 7.80. The molecule has 3 atom stereocenters. The minimum Gasteiger partial charge on any atom is -0.550 e. The van der Waals surface area contributed by atoms with Crippen LogP contribution in [0.1, 0.15) is 57.8 Å². The smallest absolute Gasteiger partial charge is 0.550 e. The molecule has 0 saturated carbocycles. The summed E-state index contributed by atoms with van der Waals surface area (Å²) in [5.74, 6) is -20.4. The summed E-state index contributed by atoms with van der Waals surface area (Å²) in [6.07, 6.45) is -8.82. The molecule has 0 heterocycles. The Hall–Kier alpha value is -4.52. The summed E-state index contributed by atoms with van der Waals surface area (Å²) in [6, 6.07) is -4.66. The predicted octanol–water partition coefficient (Wildman–Crippen LogP) is -21.6. The van der Waals surface area contributed by atoms with E-state index in [1.807, 2.05) is 0 Å². The normalized spacial score (nSPS) is 11.9. The quantitative estimate of drug-likeness (QED) is 0.0364. The zero-order valence-electron chi connectivity index (χ0n) is 32.2. The van der Waals surface area contributed by atoms with Crippen molar-refractivity contribution >= 4 is 71.6 Å². The molecule has 0 fully saturated rings. The molecule has 9 N–H and O–H groups in total. The Morgan fingerprint density at radius 2 is 0.438 bits per heavy atom. The van der Waals surface area contributed by atoms with Crippen LogP contribution in [-0.2, 0) is 126 Å². The fraction of sp³-hybridized carbons (Fsp3) is 0.600. The fourth-order valence-corrected chi connectivity index (χ4v) is 5.16. The fourth-order valence-electron chi connectivity index (χ4n) is 5.16. The van der Waals surface area contributed by atoms with Gasteiger partial charge in [-0.25, -0.2) is 0 Å². The van der Waals surface area contributed by atoms with Crippen LogP contribution < -0.4 is 94.4 Å². The summed E-state index contributed by atoms with van der Waals surface area (Å²) < 4.78 is 0. The van der Waals surface area contributed by atoms with Crippen molar-refractivity contribution in [3.05, 3.63) is 0 Å². The van der Waals surface area contributed by atoms with Crippen LogP contribution in [0.25, 0.3) is 0 Å². The van der Waals surface area contributed by atoms with E-state index < -0.39 is 184 Å². The third-order valence-electron chi connectivity index (χ3n) is 7.80. The molecular formula is C30H36Fe4N6O24. The van der Waals surface area contributed by atoms with Gasteiger partial charge in [0.25, 0.3) is 0 Å². The van der Waals surface area contributed by atoms with Crippen LogP contribution >= 0.6 is 0 Å². The molecule has 64 heavy (non-hydrogen) atoms. The first kappa shape index (κ1) is 73.9. The largest absolute Gasteiger partial charge is 3.00 e. The first-order valence-corrected chi connectivity index (χ1v) is 16.2. The van der Waals surface area contributed by atoms with Crippen molar-refractivity contribution < 1.29 is 187 Å². The second-order valence-electron chi connectivity index (χ2n) is 12.5. The van der Waals surface area contributed by atoms with Gasteiger partial charge in [0.2, 0.25) is 0 Å². The monoisotopic (exact) mass is 1090 g/mol. The van der Waals surface area contributed by atoms with Gasteiger partial charge in [0.05, 0.1) is 17.9 Å². The predicted molar refractivity (Wildman–Crippen MR) is 158 cm³/mol. The summed E-state index contributed by atoms with van der Waals surface area (Å²) in [4.78, 5) is 127. The number of carbonyl (C=O) groups is 12. The van der Waals surface area contributed by atoms with E-state index in [-0.39, 0.29) is 68.3 Å². The van der Waals surface area contributed by atoms with Crippen LogP contribution in [0, 0.1) is 0 Å². The van der Waals surface area contributed by atoms with E-state index in [1.54, 1.807) is 0 Å². The Morgan fingerprint density at radius 1 is 0.297 bits per heavy atom. The van der Waals surface area contributed by atoms with Gasteiger partial charge in [0.15, 0.2) is 0 Å². The molecule has 0 spiro atoms. The summed E-state index contributed by atoms with van der Waals surface area (Å²) >= 11 is 0. The number of nitrogens with two attached hydrogens (primary N) is 3. The Labute approximate surface area is 402 Å². The zero-order valence-corrected chi connectivity index (χ0v) is 36.6. The van der Waals surface area contributed by atoms with Crippen molar-refractivity contribution in [3.8, 4) is 0 Å². The molecule has 0 aliphatic carbocycles. The second kappa shape index (κ2) is 35.8. The number of rotatable bonds is 30. The van der Waals surface area contributed by atoms with Gasteiger partial charge in [-0.05, 0) is 0 Å². The van der Waals surface area contributed by atoms with Crippen molar-refractivity contribution in [1.29, 1.82) is 0 Å². The molecule has 0 aromatic rings. The third kappa shape index (κ3) is 34.0. The molecule has 4 radical (unpaired) electrons. The number of aliphatic carboxylic acids is 12. The SMILES string of the molecule is NC(CC(=O)[O-])C(CC(=O)[O-])(CC(=O)[O-])NCC(=O)[O-].NC(CC(=O)[O-])C(CC(=O)[O-])(CC(=O)[O-])NCC(=O)[O-].NC(CC(=O)[O-])C(CC(=O)[O-])(CC(=O)[O-])NCC(=O)[O-].[Fe+3].[Fe+3].[Fe+3].[Fe+3]. The minimum absolute atomic E-state index is 0. The summed E-state index contributed by atoms with van der Waals surface area (Å²) in [6.45, 7) is -2.79. The maximum absolute atomic E-state index is 10.7. The number of hydrogen-bond acceptors (Lipinski definition) is 30. The van der Waals surface area contributed by atoms with E-state index >= 15 is 0 Å². The first-order valence-electron chi connectivity index (χ1n) is 16.2. The van der Waals surface area contributed by atoms with Gasteiger partial charge in [-0.15, -0.1) is 0 Å². The standard InChI is InChI=1S/3C10H16N2O8.4Fe/c3*11-5(1-6(13)14)10(2-7(15)16,3-8(17)18)12-4-9(19)20;;;;/h3*5,12H,1-4,11H2,(H,13,14)(H,15,16)(H,17,18)(H,19,20);;;;/q;;;4*+3/p-12. The van der Waals surface area contributed by atoms with E-state index in [2.05, 4.69) is 16.0 Å². The molecular weight excluding hydrogens is 1050 g/mol. The molecule has 362 valence electrons. The average molecular weight is 1090 g/mol. The topological polar surface area (TPSA) is 596 Å². The molecule has 0 aliphatic rings. The second-order valence-corrected chi connectivity index (χ2v) is 12.5. The number of carbonyl (C=O) groups excluding carboxylic acids is 12. The van der Waals surface area contributed by atoms with Crippen molar-refractivity contribution in [3.63, 3.8) is 0 Å². The van der Waals surface area contributed by atoms with Crippen LogP contribution in [0.3, 0.4) is 0 Å². The Balaban J connectivity index is -0.000000148. The Kier molecular flexibility index (Phi) is 41.3. The van der Waals surface area contributed by atoms with Crippen molar-refractivity contribution in [2.75, 3.05) is 19.6 Å². The van der Waals surface area contributed by atoms with Gasteiger partial charge in [0, 0.05) is 166 Å². The van der Waals surface area contributed by atoms with E-state index in [4.69, 9.17) is 17.2 Å². The molecule has 0 aliphatic heterocycles. The van der Waals surface area contributed by atoms with Gasteiger partial charge in [-0.3, -0.25) is 0 Å². The van der Waals surface area contributed by atoms with Crippen LogP contribution in [0.5, 0.6) is 0 Å². The van der Waals surface area contributed by atoms with Crippen LogP contribution in [0.2, 0.25) is 0 Å². The summed E-state index contributed by atoms with van der Waals surface area (Å²) in [5, 5.41) is 133. The zero-order chi connectivity index (χ0) is 47.8. The molecule has 3 unspecified atom stereocenters. The molecule has 0 amide bonds. The van der Waals surface area contributed by atoms with Gasteiger partial charge < -0.3 is 152 Å². The minimum atomic E-state index is -2.07. The maximum atomic E-state index is 10.7. The van der Waals surface area contributed by atoms with Gasteiger partial charge in [-0.2, -0.15) is 0 Å². The molecule has 0 aromatic carbocycles. The van der Waals surface area contributed by atoms with Gasteiger partial charge in [0.1, 0.15) is 0 Å². The molecule has 30 nitrogen and oxygen atoms in total. The summed E-state index contributed by atoms with van der Waals surface area (Å²) in [7, 11) is 0. The van der Waals surface area contributed by atoms with Gasteiger partial charge >= 0.3 is 68.3 Å². The van der Waals surface area contributed by atoms with E-state index in [0.717, 1.165) is 0 Å². The maximum Gasteiger partial charge on any atom is 3.00 e. The van der Waals surface area contributed by atoms with Crippen molar-refractivity contribution in [1.82, 2.24) is 16.0 Å². The van der Waals surface area contributed by atoms with Crippen LogP contribution in [0.15, 0.2) is 0 Å². The molecule has 0 aromatic heterocycles. The molecule has 34 heteroatoms. The van der Waals surface area contributed by atoms with Crippen LogP contribution in [0.4, 0.5) is 0 Å². The summed E-state index contributed by atoms with van der Waals surface area (Å²) in [5.41, 5.74) is 10.2. The molecule has 0 bridgehead atoms. The van der Waals surface area contributed by atoms with Crippen LogP contribution in [-0.4, -0.2) is 126 Å². The number of hydrogen-bond donors (Lipinski definition) is 6. The number of carboxylic acids is 12. The number of nitrogens with one attached hydrogen (secondary N) is 3. The van der Waals surface area contributed by atoms with Crippen molar-refractivity contribution in [2.24, 2.45) is 17.2 Å². The Morgan fingerprint density at radius 3 is 0.531 bits per heavy atom. The van der Waals surface area contributed by atoms with Gasteiger partial charge in [-0.1, -0.05) is 0 Å². The van der Waals surface area contributed by atoms with E-state index in [1.165, 1.54) is 0 Å². The Bertz CT molecular complexity index is 1380. The molecule has 0 saturated heterocycles. The van der Waals surface area contributed by atoms with Crippen molar-refractivity contribution in [2.45, 2.75) is 92.5 Å². The van der Waals surface area contributed by atoms with E-state index in [9.17, 15) is 119 Å². The average Bonchev–Trinajstić information content (AvgIpc) is 3.03. The van der Waals surface area contributed by atoms with E-state index in [0.29, 0.717) is 0 Å².